The van der Waals surface area contributed by atoms with Crippen LogP contribution in [-0.4, -0.2) is 32.8 Å². The second-order valence-corrected chi connectivity index (χ2v) is 16.2. The van der Waals surface area contributed by atoms with Gasteiger partial charge in [0.25, 0.3) is 0 Å². The van der Waals surface area contributed by atoms with Gasteiger partial charge in [0.05, 0.1) is 33.7 Å². The molecule has 13 heteroatoms. The van der Waals surface area contributed by atoms with Gasteiger partial charge in [-0.3, -0.25) is 14.8 Å². The minimum absolute atomic E-state index is 0.0973. The lowest BCUT2D eigenvalue weighted by atomic mass is 9.85. The number of aryl methyl sites for hydroxylation is 2. The SMILES string of the molecule is [C-]#[N+]c1cncc(COc2cc(OCc3cccc(-c4cccc(COc5cc(OCc6cncc(C)c6)c(Cl)cc5Cl)c4C)c3C)c(Cl)cc2CC[C@](C)(CO)C(=O)O)c1. The molecule has 4 aromatic carbocycles. The second-order valence-electron chi connectivity index (χ2n) is 15.0. The van der Waals surface area contributed by atoms with Gasteiger partial charge in [-0.1, -0.05) is 71.2 Å². The topological polar surface area (TPSA) is 125 Å². The van der Waals surface area contributed by atoms with Gasteiger partial charge in [-0.2, -0.15) is 0 Å². The summed E-state index contributed by atoms with van der Waals surface area (Å²) in [6, 6.07) is 22.5. The van der Waals surface area contributed by atoms with Crippen molar-refractivity contribution in [3.63, 3.8) is 0 Å². The summed E-state index contributed by atoms with van der Waals surface area (Å²) in [7, 11) is 0. The second kappa shape index (κ2) is 20.2. The van der Waals surface area contributed by atoms with Gasteiger partial charge in [0, 0.05) is 42.5 Å². The first-order valence-electron chi connectivity index (χ1n) is 19.3. The number of benzene rings is 4. The third kappa shape index (κ3) is 11.1. The Kier molecular flexibility index (Phi) is 14.8. The van der Waals surface area contributed by atoms with Crippen LogP contribution < -0.4 is 18.9 Å². The number of pyridine rings is 2. The third-order valence-corrected chi connectivity index (χ3v) is 11.4. The highest BCUT2D eigenvalue weighted by molar-refractivity contribution is 6.36. The van der Waals surface area contributed by atoms with Crippen LogP contribution in [-0.2, 0) is 37.6 Å². The van der Waals surface area contributed by atoms with Crippen LogP contribution in [0.5, 0.6) is 23.0 Å². The zero-order valence-corrected chi connectivity index (χ0v) is 36.4. The van der Waals surface area contributed by atoms with Crippen molar-refractivity contribution in [3.8, 4) is 34.1 Å². The van der Waals surface area contributed by atoms with Gasteiger partial charge < -0.3 is 29.2 Å². The number of aromatic nitrogens is 2. The summed E-state index contributed by atoms with van der Waals surface area (Å²) in [4.78, 5) is 23.7. The van der Waals surface area contributed by atoms with Gasteiger partial charge in [0.1, 0.15) is 49.4 Å². The van der Waals surface area contributed by atoms with Crippen LogP contribution in [0.2, 0.25) is 15.1 Å². The van der Waals surface area contributed by atoms with E-state index in [4.69, 9.17) is 60.3 Å². The molecule has 6 aromatic rings. The maximum atomic E-state index is 11.9. The number of aliphatic hydroxyl groups excluding tert-OH is 1. The first-order valence-corrected chi connectivity index (χ1v) is 20.5. The van der Waals surface area contributed by atoms with Gasteiger partial charge in [-0.25, -0.2) is 4.85 Å². The molecule has 0 spiro atoms. The highest BCUT2D eigenvalue weighted by atomic mass is 35.5. The maximum Gasteiger partial charge on any atom is 0.311 e. The van der Waals surface area contributed by atoms with Gasteiger partial charge in [0.15, 0.2) is 0 Å². The minimum Gasteiger partial charge on any atom is -0.488 e. The van der Waals surface area contributed by atoms with Gasteiger partial charge in [-0.05, 0) is 115 Å². The van der Waals surface area contributed by atoms with Crippen molar-refractivity contribution in [1.82, 2.24) is 9.97 Å². The Bertz CT molecular complexity index is 2600. The molecule has 0 amide bonds. The predicted octanol–water partition coefficient (Wildman–Crippen LogP) is 11.9. The summed E-state index contributed by atoms with van der Waals surface area (Å²) in [6.45, 7) is 15.2. The van der Waals surface area contributed by atoms with E-state index in [0.717, 1.165) is 44.5 Å². The quantitative estimate of drug-likeness (QED) is 0.0812. The molecule has 0 aliphatic heterocycles. The number of carbonyl (C=O) groups is 1. The molecular formula is C48H44Cl3N3O7. The molecule has 0 bridgehead atoms. The predicted molar refractivity (Wildman–Crippen MR) is 237 cm³/mol. The van der Waals surface area contributed by atoms with Gasteiger partial charge in [0.2, 0.25) is 5.69 Å². The summed E-state index contributed by atoms with van der Waals surface area (Å²) in [5.41, 5.74) is 8.31. The monoisotopic (exact) mass is 879 g/mol. The molecule has 0 fully saturated rings. The molecule has 0 radical (unpaired) electrons. The van der Waals surface area contributed by atoms with Gasteiger partial charge >= 0.3 is 5.97 Å². The number of hydrogen-bond donors (Lipinski definition) is 2. The summed E-state index contributed by atoms with van der Waals surface area (Å²) < 4.78 is 24.8. The van der Waals surface area contributed by atoms with Crippen LogP contribution in [0.1, 0.15) is 57.9 Å². The lowest BCUT2D eigenvalue weighted by molar-refractivity contribution is -0.150. The van der Waals surface area contributed by atoms with Crippen LogP contribution in [0.25, 0.3) is 16.0 Å². The van der Waals surface area contributed by atoms with Crippen molar-refractivity contribution in [2.45, 2.75) is 67.0 Å². The molecule has 0 saturated carbocycles. The molecule has 0 saturated heterocycles. The van der Waals surface area contributed by atoms with E-state index in [1.807, 2.05) is 44.2 Å². The Morgan fingerprint density at radius 3 is 1.72 bits per heavy atom. The number of carboxylic acid groups (broad SMARTS) is 1. The average Bonchev–Trinajstić information content (AvgIpc) is 3.25. The van der Waals surface area contributed by atoms with Crippen LogP contribution >= 0.6 is 34.8 Å². The fourth-order valence-corrected chi connectivity index (χ4v) is 7.35. The summed E-state index contributed by atoms with van der Waals surface area (Å²) >= 11 is 19.8. The van der Waals surface area contributed by atoms with Crippen molar-refractivity contribution in [2.75, 3.05) is 6.61 Å². The van der Waals surface area contributed by atoms with E-state index >= 15 is 0 Å². The molecule has 0 aliphatic rings. The fraction of sp³-hybridized carbons (Fsp3) is 0.250. The maximum absolute atomic E-state index is 11.9. The van der Waals surface area contributed by atoms with Gasteiger partial charge in [-0.15, -0.1) is 0 Å². The summed E-state index contributed by atoms with van der Waals surface area (Å²) in [5.74, 6) is 0.596. The van der Waals surface area contributed by atoms with Crippen LogP contribution in [0, 0.1) is 32.8 Å². The van der Waals surface area contributed by atoms with Crippen molar-refractivity contribution >= 4 is 46.5 Å². The Labute approximate surface area is 370 Å². The number of carboxylic acids is 1. The van der Waals surface area contributed by atoms with Crippen LogP contribution in [0.4, 0.5) is 5.69 Å². The Morgan fingerprint density at radius 1 is 0.672 bits per heavy atom. The molecule has 10 nitrogen and oxygen atoms in total. The van der Waals surface area contributed by atoms with E-state index in [9.17, 15) is 15.0 Å². The number of aliphatic hydroxyl groups is 1. The Hall–Kier alpha value is -5.83. The average molecular weight is 881 g/mol. The van der Waals surface area contributed by atoms with E-state index in [0.29, 0.717) is 54.9 Å². The standard InChI is InChI=1S/C48H44Cl3N3O7/c1-29-14-32(21-53-20-29)24-59-45-19-46(42(51)17-41(45)50)61-27-36-9-7-11-39(31(36)3)38-10-6-8-35(30(38)2)26-60-44-18-43(58-25-33-15-37(52-5)23-54-22-33)34(16-40(44)49)12-13-48(4,28-55)47(56)57/h6-11,14-23,55H,12-13,24-28H2,1-4H3,(H,56,57)/t48-/m1/s1. The smallest absolute Gasteiger partial charge is 0.311 e. The minimum atomic E-state index is -1.36. The number of aliphatic carboxylic acids is 1. The number of hydrogen-bond acceptors (Lipinski definition) is 8. The summed E-state index contributed by atoms with van der Waals surface area (Å²) in [5, 5.41) is 20.7. The molecule has 2 aromatic heterocycles. The first kappa shape index (κ1) is 44.7. The number of rotatable bonds is 18. The third-order valence-electron chi connectivity index (χ3n) is 10.5. The first-order chi connectivity index (χ1) is 29.3. The summed E-state index contributed by atoms with van der Waals surface area (Å²) in [6.07, 6.45) is 7.02. The van der Waals surface area contributed by atoms with Crippen molar-refractivity contribution in [1.29, 1.82) is 0 Å². The lowest BCUT2D eigenvalue weighted by Crippen LogP contribution is -2.32. The Morgan fingerprint density at radius 2 is 1.18 bits per heavy atom. The Balaban J connectivity index is 1.19. The molecule has 6 rings (SSSR count). The van der Waals surface area contributed by atoms with E-state index in [2.05, 4.69) is 33.9 Å². The molecule has 0 unspecified atom stereocenters. The fourth-order valence-electron chi connectivity index (χ4n) is 6.62. The molecular weight excluding hydrogens is 837 g/mol. The molecule has 2 N–H and O–H groups in total. The van der Waals surface area contributed by atoms with E-state index in [-0.39, 0.29) is 39.3 Å². The molecule has 2 heterocycles. The van der Waals surface area contributed by atoms with E-state index in [1.165, 1.54) is 13.1 Å². The lowest BCUT2D eigenvalue weighted by Gasteiger charge is -2.23. The number of ether oxygens (including phenoxy) is 4. The van der Waals surface area contributed by atoms with Crippen molar-refractivity contribution in [3.05, 3.63) is 169 Å². The van der Waals surface area contributed by atoms with E-state index in [1.54, 1.807) is 48.9 Å². The molecule has 0 aliphatic carbocycles. The highest BCUT2D eigenvalue weighted by Gasteiger charge is 2.32. The largest absolute Gasteiger partial charge is 0.488 e. The molecule has 1 atom stereocenters. The van der Waals surface area contributed by atoms with Crippen molar-refractivity contribution in [2.24, 2.45) is 5.41 Å². The zero-order valence-electron chi connectivity index (χ0n) is 34.1. The normalized spacial score (nSPS) is 12.0. The van der Waals surface area contributed by atoms with E-state index < -0.39 is 18.0 Å². The molecule has 314 valence electrons. The van der Waals surface area contributed by atoms with Crippen molar-refractivity contribution < 1.29 is 34.0 Å². The number of halogens is 3. The number of nitrogens with zero attached hydrogens (tertiary/aromatic N) is 3. The highest BCUT2D eigenvalue weighted by Crippen LogP contribution is 2.39. The molecule has 61 heavy (non-hydrogen) atoms. The zero-order chi connectivity index (χ0) is 43.7. The van der Waals surface area contributed by atoms with Crippen LogP contribution in [0.15, 0.2) is 97.6 Å². The van der Waals surface area contributed by atoms with Crippen LogP contribution in [0.3, 0.4) is 0 Å².